The molecule has 0 aromatic carbocycles. The van der Waals surface area contributed by atoms with E-state index in [1.54, 1.807) is 6.08 Å². The van der Waals surface area contributed by atoms with E-state index in [-0.39, 0.29) is 12.0 Å². The molecule has 0 aromatic heterocycles. The van der Waals surface area contributed by atoms with Crippen molar-refractivity contribution in [3.8, 4) is 0 Å². The standard InChI is InChI=1S/C10H20N2O/c1-7(2)9(4)13-10(11)6-8(3)12-5/h6-7,9,11-12H,1-5H3/b8-6-,11-10?/t9-/m0/s1. The summed E-state index contributed by atoms with van der Waals surface area (Å²) in [6, 6.07) is 0. The van der Waals surface area contributed by atoms with Gasteiger partial charge < -0.3 is 10.1 Å². The lowest BCUT2D eigenvalue weighted by Crippen LogP contribution is -2.19. The Morgan fingerprint density at radius 2 is 1.92 bits per heavy atom. The molecule has 0 heterocycles. The van der Waals surface area contributed by atoms with Gasteiger partial charge in [0.2, 0.25) is 5.90 Å². The summed E-state index contributed by atoms with van der Waals surface area (Å²) < 4.78 is 5.35. The molecule has 0 spiro atoms. The first-order valence-electron chi connectivity index (χ1n) is 4.58. The fourth-order valence-electron chi connectivity index (χ4n) is 0.639. The van der Waals surface area contributed by atoms with Crippen LogP contribution in [0, 0.1) is 11.3 Å². The maximum absolute atomic E-state index is 7.51. The third kappa shape index (κ3) is 5.28. The lowest BCUT2D eigenvalue weighted by atomic mass is 10.1. The molecule has 0 aliphatic heterocycles. The number of hydrogen-bond donors (Lipinski definition) is 2. The molecule has 2 N–H and O–H groups in total. The Bertz CT molecular complexity index is 197. The summed E-state index contributed by atoms with van der Waals surface area (Å²) in [7, 11) is 1.82. The minimum atomic E-state index is 0.0911. The molecule has 76 valence electrons. The predicted octanol–water partition coefficient (Wildman–Crippen LogP) is 2.15. The molecule has 3 heteroatoms. The van der Waals surface area contributed by atoms with Gasteiger partial charge in [-0.15, -0.1) is 0 Å². The lowest BCUT2D eigenvalue weighted by Gasteiger charge is -2.17. The molecule has 0 fully saturated rings. The normalized spacial score (nSPS) is 14.2. The highest BCUT2D eigenvalue weighted by molar-refractivity contribution is 5.85. The monoisotopic (exact) mass is 184 g/mol. The Hall–Kier alpha value is -0.990. The molecule has 0 amide bonds. The van der Waals surface area contributed by atoms with E-state index in [2.05, 4.69) is 19.2 Å². The Morgan fingerprint density at radius 3 is 2.31 bits per heavy atom. The molecule has 0 saturated heterocycles. The van der Waals surface area contributed by atoms with E-state index in [1.165, 1.54) is 0 Å². The predicted molar refractivity (Wildman–Crippen MR) is 55.9 cm³/mol. The highest BCUT2D eigenvalue weighted by atomic mass is 16.5. The molecule has 0 radical (unpaired) electrons. The van der Waals surface area contributed by atoms with Gasteiger partial charge >= 0.3 is 0 Å². The van der Waals surface area contributed by atoms with Crippen molar-refractivity contribution in [2.45, 2.75) is 33.8 Å². The molecule has 0 rings (SSSR count). The van der Waals surface area contributed by atoms with Gasteiger partial charge in [-0.2, -0.15) is 0 Å². The van der Waals surface area contributed by atoms with E-state index in [0.29, 0.717) is 5.92 Å². The minimum Gasteiger partial charge on any atom is -0.475 e. The summed E-state index contributed by atoms with van der Waals surface area (Å²) in [5.74, 6) is 0.650. The Kier molecular flexibility index (Phi) is 5.19. The molecule has 0 aliphatic carbocycles. The molecule has 0 aromatic rings. The third-order valence-electron chi connectivity index (χ3n) is 1.99. The molecule has 0 bridgehead atoms. The second-order valence-corrected chi connectivity index (χ2v) is 3.51. The van der Waals surface area contributed by atoms with Crippen LogP contribution in [-0.2, 0) is 4.74 Å². The summed E-state index contributed by atoms with van der Waals surface area (Å²) in [6.07, 6.45) is 1.77. The van der Waals surface area contributed by atoms with E-state index in [9.17, 15) is 0 Å². The maximum Gasteiger partial charge on any atom is 0.207 e. The second kappa shape index (κ2) is 5.62. The Labute approximate surface area is 80.7 Å². The van der Waals surface area contributed by atoms with Crippen molar-refractivity contribution >= 4 is 5.90 Å². The smallest absolute Gasteiger partial charge is 0.207 e. The van der Waals surface area contributed by atoms with Gasteiger partial charge in [-0.3, -0.25) is 5.41 Å². The molecule has 3 nitrogen and oxygen atoms in total. The van der Waals surface area contributed by atoms with Gasteiger partial charge in [0, 0.05) is 18.8 Å². The van der Waals surface area contributed by atoms with Gasteiger partial charge in [0.15, 0.2) is 0 Å². The van der Waals surface area contributed by atoms with Crippen LogP contribution in [-0.4, -0.2) is 19.0 Å². The molecule has 0 saturated carbocycles. The number of rotatable bonds is 4. The van der Waals surface area contributed by atoms with E-state index in [4.69, 9.17) is 10.1 Å². The van der Waals surface area contributed by atoms with Crippen LogP contribution in [0.25, 0.3) is 0 Å². The van der Waals surface area contributed by atoms with E-state index in [0.717, 1.165) is 5.70 Å². The number of hydrogen-bond acceptors (Lipinski definition) is 3. The van der Waals surface area contributed by atoms with Crippen molar-refractivity contribution in [1.29, 1.82) is 5.41 Å². The average molecular weight is 184 g/mol. The van der Waals surface area contributed by atoms with Crippen molar-refractivity contribution in [3.05, 3.63) is 11.8 Å². The second-order valence-electron chi connectivity index (χ2n) is 3.51. The van der Waals surface area contributed by atoms with Gasteiger partial charge in [0.1, 0.15) is 0 Å². The van der Waals surface area contributed by atoms with Gasteiger partial charge in [-0.05, 0) is 19.8 Å². The minimum absolute atomic E-state index is 0.0911. The van der Waals surface area contributed by atoms with E-state index >= 15 is 0 Å². The molecular formula is C10H20N2O. The van der Waals surface area contributed by atoms with Crippen LogP contribution in [0.2, 0.25) is 0 Å². The van der Waals surface area contributed by atoms with Crippen LogP contribution in [0.15, 0.2) is 11.8 Å². The zero-order valence-electron chi connectivity index (χ0n) is 9.14. The summed E-state index contributed by atoms with van der Waals surface area (Å²) in [4.78, 5) is 0. The number of nitrogens with one attached hydrogen (secondary N) is 2. The average Bonchev–Trinajstić information content (AvgIpc) is 2.03. The van der Waals surface area contributed by atoms with Gasteiger partial charge in [-0.1, -0.05) is 13.8 Å². The first-order valence-corrected chi connectivity index (χ1v) is 4.58. The number of ether oxygens (including phenoxy) is 1. The summed E-state index contributed by atoms with van der Waals surface area (Å²) in [6.45, 7) is 8.03. The third-order valence-corrected chi connectivity index (χ3v) is 1.99. The summed E-state index contributed by atoms with van der Waals surface area (Å²) in [5, 5.41) is 10.4. The van der Waals surface area contributed by atoms with Crippen molar-refractivity contribution in [2.75, 3.05) is 7.05 Å². The zero-order valence-corrected chi connectivity index (χ0v) is 9.14. The van der Waals surface area contributed by atoms with Crippen molar-refractivity contribution in [3.63, 3.8) is 0 Å². The molecular weight excluding hydrogens is 164 g/mol. The lowest BCUT2D eigenvalue weighted by molar-refractivity contribution is 0.157. The van der Waals surface area contributed by atoms with Crippen molar-refractivity contribution in [1.82, 2.24) is 5.32 Å². The molecule has 0 aliphatic rings. The molecule has 0 unspecified atom stereocenters. The first kappa shape index (κ1) is 12.0. The molecule has 1 atom stereocenters. The van der Waals surface area contributed by atoms with Crippen LogP contribution in [0.3, 0.4) is 0 Å². The highest BCUT2D eigenvalue weighted by Gasteiger charge is 2.08. The molecule has 13 heavy (non-hydrogen) atoms. The maximum atomic E-state index is 7.51. The van der Waals surface area contributed by atoms with E-state index < -0.39 is 0 Å². The fraction of sp³-hybridized carbons (Fsp3) is 0.700. The van der Waals surface area contributed by atoms with Crippen LogP contribution >= 0.6 is 0 Å². The van der Waals surface area contributed by atoms with Crippen LogP contribution in [0.1, 0.15) is 27.7 Å². The zero-order chi connectivity index (χ0) is 10.4. The first-order chi connectivity index (χ1) is 5.97. The SMILES string of the molecule is CN/C(C)=C\C(=N)O[C@@H](C)C(C)C. The highest BCUT2D eigenvalue weighted by Crippen LogP contribution is 2.06. The Balaban J connectivity index is 4.02. The van der Waals surface area contributed by atoms with Gasteiger partial charge in [0.05, 0.1) is 6.10 Å². The van der Waals surface area contributed by atoms with Gasteiger partial charge in [0.25, 0.3) is 0 Å². The van der Waals surface area contributed by atoms with Crippen LogP contribution < -0.4 is 5.32 Å². The Morgan fingerprint density at radius 1 is 1.38 bits per heavy atom. The van der Waals surface area contributed by atoms with Crippen LogP contribution in [0.4, 0.5) is 0 Å². The quantitative estimate of drug-likeness (QED) is 0.519. The largest absolute Gasteiger partial charge is 0.475 e. The fourth-order valence-corrected chi connectivity index (χ4v) is 0.639. The summed E-state index contributed by atoms with van der Waals surface area (Å²) >= 11 is 0. The summed E-state index contributed by atoms with van der Waals surface area (Å²) in [5.41, 5.74) is 0.931. The topological polar surface area (TPSA) is 45.1 Å². The number of allylic oxidation sites excluding steroid dienone is 1. The van der Waals surface area contributed by atoms with Crippen LogP contribution in [0.5, 0.6) is 0 Å². The van der Waals surface area contributed by atoms with Gasteiger partial charge in [-0.25, -0.2) is 0 Å². The van der Waals surface area contributed by atoms with Crippen molar-refractivity contribution < 1.29 is 4.74 Å². The van der Waals surface area contributed by atoms with Crippen molar-refractivity contribution in [2.24, 2.45) is 5.92 Å². The van der Waals surface area contributed by atoms with E-state index in [1.807, 2.05) is 20.9 Å².